The molecule has 4 heteroatoms. The van der Waals surface area contributed by atoms with Gasteiger partial charge < -0.3 is 9.84 Å². The van der Waals surface area contributed by atoms with Gasteiger partial charge >= 0.3 is 11.9 Å². The van der Waals surface area contributed by atoms with Crippen molar-refractivity contribution in [2.75, 3.05) is 0 Å². The van der Waals surface area contributed by atoms with E-state index in [2.05, 4.69) is 6.92 Å². The first-order valence-corrected chi connectivity index (χ1v) is 9.60. The maximum atomic E-state index is 12.7. The highest BCUT2D eigenvalue weighted by Gasteiger charge is 2.48. The van der Waals surface area contributed by atoms with Crippen molar-refractivity contribution in [2.45, 2.75) is 99.0 Å². The van der Waals surface area contributed by atoms with E-state index in [4.69, 9.17) is 4.74 Å². The summed E-state index contributed by atoms with van der Waals surface area (Å²) in [5.74, 6) is -1.36. The molecular formula is C20H38O4. The maximum absolute atomic E-state index is 12.7. The van der Waals surface area contributed by atoms with Crippen LogP contribution in [-0.2, 0) is 14.3 Å². The molecule has 0 saturated carbocycles. The number of unbranched alkanes of at least 4 members (excludes halogenated alkanes) is 4. The van der Waals surface area contributed by atoms with Crippen LogP contribution in [-0.4, -0.2) is 23.1 Å². The van der Waals surface area contributed by atoms with E-state index in [-0.39, 0.29) is 17.9 Å². The van der Waals surface area contributed by atoms with Crippen molar-refractivity contribution in [1.82, 2.24) is 0 Å². The van der Waals surface area contributed by atoms with E-state index in [0.717, 1.165) is 19.3 Å². The molecule has 0 aromatic rings. The number of carboxylic acid groups (broad SMARTS) is 1. The van der Waals surface area contributed by atoms with E-state index < -0.39 is 17.4 Å². The molecule has 0 saturated heterocycles. The zero-order valence-electron chi connectivity index (χ0n) is 16.6. The molecule has 142 valence electrons. The van der Waals surface area contributed by atoms with E-state index in [1.165, 1.54) is 19.3 Å². The number of hydrogen-bond acceptors (Lipinski definition) is 3. The van der Waals surface area contributed by atoms with Crippen LogP contribution in [0.15, 0.2) is 0 Å². The molecule has 1 N–H and O–H groups in total. The molecule has 1 unspecified atom stereocenters. The Morgan fingerprint density at radius 2 is 1.42 bits per heavy atom. The number of rotatable bonds is 13. The predicted octanol–water partition coefficient (Wildman–Crippen LogP) is 5.44. The fourth-order valence-corrected chi connectivity index (χ4v) is 3.30. The summed E-state index contributed by atoms with van der Waals surface area (Å²) >= 11 is 0. The lowest BCUT2D eigenvalue weighted by molar-refractivity contribution is -0.175. The Labute approximate surface area is 148 Å². The van der Waals surface area contributed by atoms with E-state index in [1.54, 1.807) is 0 Å². The molecule has 4 nitrogen and oxygen atoms in total. The van der Waals surface area contributed by atoms with Crippen LogP contribution in [0.4, 0.5) is 0 Å². The first-order valence-electron chi connectivity index (χ1n) is 9.60. The normalized spacial score (nSPS) is 13.3. The first-order chi connectivity index (χ1) is 11.2. The fourth-order valence-electron chi connectivity index (χ4n) is 3.30. The summed E-state index contributed by atoms with van der Waals surface area (Å²) in [5.41, 5.74) is -1.42. The number of ether oxygens (including phenoxy) is 1. The van der Waals surface area contributed by atoms with E-state index in [1.807, 2.05) is 34.6 Å². The van der Waals surface area contributed by atoms with Gasteiger partial charge in [0, 0.05) is 0 Å². The van der Waals surface area contributed by atoms with E-state index >= 15 is 0 Å². The van der Waals surface area contributed by atoms with Crippen LogP contribution in [0.25, 0.3) is 0 Å². The Morgan fingerprint density at radius 1 is 0.917 bits per heavy atom. The maximum Gasteiger partial charge on any atom is 0.323 e. The Morgan fingerprint density at radius 3 is 1.83 bits per heavy atom. The third kappa shape index (κ3) is 8.16. The van der Waals surface area contributed by atoms with Crippen LogP contribution in [0, 0.1) is 17.3 Å². The average Bonchev–Trinajstić information content (AvgIpc) is 2.44. The third-order valence-electron chi connectivity index (χ3n) is 4.34. The van der Waals surface area contributed by atoms with Crippen molar-refractivity contribution >= 4 is 11.9 Å². The summed E-state index contributed by atoms with van der Waals surface area (Å²) in [7, 11) is 0. The van der Waals surface area contributed by atoms with Gasteiger partial charge in [0.2, 0.25) is 0 Å². The third-order valence-corrected chi connectivity index (χ3v) is 4.34. The van der Waals surface area contributed by atoms with Gasteiger partial charge in [-0.2, -0.15) is 0 Å². The van der Waals surface area contributed by atoms with Crippen LogP contribution < -0.4 is 0 Å². The summed E-state index contributed by atoms with van der Waals surface area (Å²) in [6, 6.07) is 0. The minimum Gasteiger partial charge on any atom is -0.480 e. The number of carbonyl (C=O) groups is 2. The lowest BCUT2D eigenvalue weighted by Crippen LogP contribution is -2.44. The number of carbonyl (C=O) groups excluding carboxylic acids is 1. The smallest absolute Gasteiger partial charge is 0.323 e. The second-order valence-corrected chi connectivity index (χ2v) is 8.00. The van der Waals surface area contributed by atoms with Gasteiger partial charge in [0.25, 0.3) is 0 Å². The topological polar surface area (TPSA) is 63.6 Å². The largest absolute Gasteiger partial charge is 0.480 e. The van der Waals surface area contributed by atoms with Crippen LogP contribution in [0.1, 0.15) is 92.9 Å². The minimum atomic E-state index is -1.42. The summed E-state index contributed by atoms with van der Waals surface area (Å²) < 4.78 is 5.57. The van der Waals surface area contributed by atoms with Gasteiger partial charge in [-0.3, -0.25) is 9.59 Å². The van der Waals surface area contributed by atoms with Crippen molar-refractivity contribution in [3.8, 4) is 0 Å². The second-order valence-electron chi connectivity index (χ2n) is 8.00. The van der Waals surface area contributed by atoms with Gasteiger partial charge in [0.1, 0.15) is 0 Å². The summed E-state index contributed by atoms with van der Waals surface area (Å²) in [6.45, 7) is 11.8. The van der Waals surface area contributed by atoms with Gasteiger partial charge in [0.15, 0.2) is 5.41 Å². The molecule has 1 atom stereocenters. The van der Waals surface area contributed by atoms with Gasteiger partial charge in [0.05, 0.1) is 6.10 Å². The standard InChI is InChI=1S/C20H38O4/c1-7-8-9-10-11-12-17(6)24-19(23)20(18(21)22,13-15(2)3)14-16(4)5/h15-17H,7-14H2,1-6H3,(H,21,22). The van der Waals surface area contributed by atoms with Crippen molar-refractivity contribution < 1.29 is 19.4 Å². The second kappa shape index (κ2) is 11.5. The molecule has 0 rings (SSSR count). The minimum absolute atomic E-state index is 0.122. The van der Waals surface area contributed by atoms with Gasteiger partial charge in [-0.1, -0.05) is 60.3 Å². The van der Waals surface area contributed by atoms with Crippen LogP contribution in [0.3, 0.4) is 0 Å². The van der Waals surface area contributed by atoms with Crippen molar-refractivity contribution in [3.63, 3.8) is 0 Å². The zero-order valence-corrected chi connectivity index (χ0v) is 16.6. The number of esters is 1. The quantitative estimate of drug-likeness (QED) is 0.275. The lowest BCUT2D eigenvalue weighted by Gasteiger charge is -2.31. The predicted molar refractivity (Wildman–Crippen MR) is 97.9 cm³/mol. The highest BCUT2D eigenvalue weighted by molar-refractivity contribution is 5.99. The molecule has 0 spiro atoms. The molecule has 0 aliphatic rings. The monoisotopic (exact) mass is 342 g/mol. The summed E-state index contributed by atoms with van der Waals surface area (Å²) in [4.78, 5) is 24.7. The van der Waals surface area contributed by atoms with Crippen LogP contribution in [0.5, 0.6) is 0 Å². The van der Waals surface area contributed by atoms with Crippen molar-refractivity contribution in [3.05, 3.63) is 0 Å². The van der Waals surface area contributed by atoms with Gasteiger partial charge in [-0.05, 0) is 44.4 Å². The van der Waals surface area contributed by atoms with E-state index in [9.17, 15) is 14.7 Å². The number of hydrogen-bond donors (Lipinski definition) is 1. The molecular weight excluding hydrogens is 304 g/mol. The van der Waals surface area contributed by atoms with Gasteiger partial charge in [-0.15, -0.1) is 0 Å². The molecule has 0 bridgehead atoms. The van der Waals surface area contributed by atoms with Crippen LogP contribution in [0.2, 0.25) is 0 Å². The van der Waals surface area contributed by atoms with Crippen molar-refractivity contribution in [2.24, 2.45) is 17.3 Å². The highest BCUT2D eigenvalue weighted by Crippen LogP contribution is 2.36. The molecule has 0 aliphatic carbocycles. The van der Waals surface area contributed by atoms with Crippen molar-refractivity contribution in [1.29, 1.82) is 0 Å². The Balaban J connectivity index is 4.82. The Hall–Kier alpha value is -1.06. The molecule has 0 aromatic carbocycles. The Bertz CT molecular complexity index is 364. The fraction of sp³-hybridized carbons (Fsp3) is 0.900. The number of aliphatic carboxylic acids is 1. The van der Waals surface area contributed by atoms with Gasteiger partial charge in [-0.25, -0.2) is 0 Å². The molecule has 0 fully saturated rings. The molecule has 0 aromatic heterocycles. The summed E-state index contributed by atoms with van der Waals surface area (Å²) in [5, 5.41) is 9.78. The number of carboxylic acids is 1. The molecule has 0 radical (unpaired) electrons. The zero-order chi connectivity index (χ0) is 18.8. The lowest BCUT2D eigenvalue weighted by atomic mass is 9.74. The molecule has 0 aliphatic heterocycles. The average molecular weight is 343 g/mol. The first kappa shape index (κ1) is 22.9. The highest BCUT2D eigenvalue weighted by atomic mass is 16.5. The molecule has 0 amide bonds. The van der Waals surface area contributed by atoms with Crippen LogP contribution >= 0.6 is 0 Å². The molecule has 24 heavy (non-hydrogen) atoms. The van der Waals surface area contributed by atoms with E-state index in [0.29, 0.717) is 12.8 Å². The SMILES string of the molecule is CCCCCCCC(C)OC(=O)C(CC(C)C)(CC(C)C)C(=O)O. The summed E-state index contributed by atoms with van der Waals surface area (Å²) in [6.07, 6.45) is 7.02. The Kier molecular flexibility index (Phi) is 11.0. The molecule has 0 heterocycles.